The zero-order valence-electron chi connectivity index (χ0n) is 10.9. The van der Waals surface area contributed by atoms with Crippen LogP contribution in [-0.2, 0) is 20.4 Å². The molecule has 0 atom stereocenters. The van der Waals surface area contributed by atoms with E-state index in [1.54, 1.807) is 11.3 Å². The van der Waals surface area contributed by atoms with Gasteiger partial charge in [0.1, 0.15) is 10.4 Å². The second kappa shape index (κ2) is 4.09. The van der Waals surface area contributed by atoms with E-state index in [0.717, 1.165) is 30.0 Å². The van der Waals surface area contributed by atoms with Gasteiger partial charge in [0.05, 0.1) is 12.8 Å². The number of esters is 1. The highest BCUT2D eigenvalue weighted by atomic mass is 32.1. The summed E-state index contributed by atoms with van der Waals surface area (Å²) < 4.78 is 4.93. The molecule has 1 heterocycles. The van der Waals surface area contributed by atoms with Gasteiger partial charge in [-0.1, -0.05) is 27.2 Å². The van der Waals surface area contributed by atoms with Gasteiger partial charge in [-0.15, -0.1) is 11.3 Å². The minimum Gasteiger partial charge on any atom is -0.468 e. The van der Waals surface area contributed by atoms with Crippen molar-refractivity contribution < 1.29 is 9.53 Å². The predicted octanol–water partition coefficient (Wildman–Crippen LogP) is 3.04. The Bertz CT molecular complexity index is 427. The lowest BCUT2D eigenvalue weighted by Gasteiger charge is -2.36. The normalized spacial score (nSPS) is 18.6. The highest BCUT2D eigenvalue weighted by Crippen LogP contribution is 2.46. The minimum absolute atomic E-state index is 0.0375. The fourth-order valence-corrected chi connectivity index (χ4v) is 3.36. The number of aromatic nitrogens is 1. The average Bonchev–Trinajstić information content (AvgIpc) is 2.64. The van der Waals surface area contributed by atoms with Gasteiger partial charge < -0.3 is 4.74 Å². The largest absolute Gasteiger partial charge is 0.468 e. The molecule has 1 aliphatic carbocycles. The molecule has 2 rings (SSSR count). The highest BCUT2D eigenvalue weighted by Gasteiger charge is 2.49. The van der Waals surface area contributed by atoms with Crippen molar-refractivity contribution in [3.8, 4) is 0 Å². The first kappa shape index (κ1) is 12.6. The van der Waals surface area contributed by atoms with Crippen molar-refractivity contribution in [2.45, 2.75) is 50.9 Å². The number of methoxy groups -OCH3 is 1. The van der Waals surface area contributed by atoms with Crippen LogP contribution in [0.3, 0.4) is 0 Å². The summed E-state index contributed by atoms with van der Waals surface area (Å²) in [6.45, 7) is 6.41. The molecule has 94 valence electrons. The monoisotopic (exact) mass is 253 g/mol. The molecule has 0 saturated heterocycles. The molecule has 3 nitrogen and oxygen atoms in total. The Labute approximate surface area is 106 Å². The Balaban J connectivity index is 2.33. The molecule has 0 aliphatic heterocycles. The first-order valence-corrected chi connectivity index (χ1v) is 6.83. The standard InChI is InChI=1S/C13H19NO2S/c1-12(2,3)9-8-17-10(14-9)13(6-5-7-13)11(15)16-4/h8H,5-7H2,1-4H3. The van der Waals surface area contributed by atoms with Gasteiger partial charge in [0.2, 0.25) is 0 Å². The quantitative estimate of drug-likeness (QED) is 0.760. The Morgan fingerprint density at radius 2 is 2.12 bits per heavy atom. The maximum atomic E-state index is 11.9. The molecule has 1 aromatic heterocycles. The molecule has 0 N–H and O–H groups in total. The van der Waals surface area contributed by atoms with Crippen molar-refractivity contribution in [2.75, 3.05) is 7.11 Å². The third-order valence-corrected chi connectivity index (χ3v) is 4.51. The number of rotatable bonds is 2. The van der Waals surface area contributed by atoms with Crippen molar-refractivity contribution in [3.05, 3.63) is 16.1 Å². The average molecular weight is 253 g/mol. The number of hydrogen-bond donors (Lipinski definition) is 0. The van der Waals surface area contributed by atoms with E-state index >= 15 is 0 Å². The highest BCUT2D eigenvalue weighted by molar-refractivity contribution is 7.10. The Morgan fingerprint density at radius 1 is 1.47 bits per heavy atom. The molecule has 1 aromatic rings. The molecular weight excluding hydrogens is 234 g/mol. The topological polar surface area (TPSA) is 39.2 Å². The molecule has 0 bridgehead atoms. The second-order valence-corrected chi connectivity index (χ2v) is 6.57. The summed E-state index contributed by atoms with van der Waals surface area (Å²) in [5, 5.41) is 3.00. The Kier molecular flexibility index (Phi) is 3.02. The number of carbonyl (C=O) groups excluding carboxylic acids is 1. The van der Waals surface area contributed by atoms with Crippen LogP contribution in [0.5, 0.6) is 0 Å². The van der Waals surface area contributed by atoms with Crippen LogP contribution in [0.25, 0.3) is 0 Å². The summed E-state index contributed by atoms with van der Waals surface area (Å²) in [7, 11) is 1.46. The molecule has 4 heteroatoms. The summed E-state index contributed by atoms with van der Waals surface area (Å²) in [6, 6.07) is 0. The summed E-state index contributed by atoms with van der Waals surface area (Å²) in [5.74, 6) is -0.126. The van der Waals surface area contributed by atoms with E-state index in [0.29, 0.717) is 0 Å². The molecule has 0 unspecified atom stereocenters. The lowest BCUT2D eigenvalue weighted by atomic mass is 9.69. The van der Waals surface area contributed by atoms with E-state index in [9.17, 15) is 4.79 Å². The molecular formula is C13H19NO2S. The van der Waals surface area contributed by atoms with Crippen molar-refractivity contribution in [1.82, 2.24) is 4.98 Å². The fourth-order valence-electron chi connectivity index (χ4n) is 2.07. The summed E-state index contributed by atoms with van der Waals surface area (Å²) in [6.07, 6.45) is 2.83. The van der Waals surface area contributed by atoms with Crippen LogP contribution < -0.4 is 0 Å². The third kappa shape index (κ3) is 1.99. The lowest BCUT2D eigenvalue weighted by molar-refractivity contribution is -0.151. The van der Waals surface area contributed by atoms with E-state index in [-0.39, 0.29) is 11.4 Å². The van der Waals surface area contributed by atoms with Gasteiger partial charge >= 0.3 is 5.97 Å². The number of nitrogens with zero attached hydrogens (tertiary/aromatic N) is 1. The van der Waals surface area contributed by atoms with Gasteiger partial charge in [0.25, 0.3) is 0 Å². The maximum Gasteiger partial charge on any atom is 0.318 e. The van der Waals surface area contributed by atoms with E-state index in [1.165, 1.54) is 7.11 Å². The van der Waals surface area contributed by atoms with Crippen LogP contribution in [0.15, 0.2) is 5.38 Å². The molecule has 1 fully saturated rings. The van der Waals surface area contributed by atoms with Crippen LogP contribution in [0.4, 0.5) is 0 Å². The van der Waals surface area contributed by atoms with Crippen molar-refractivity contribution in [2.24, 2.45) is 0 Å². The van der Waals surface area contributed by atoms with Gasteiger partial charge in [-0.2, -0.15) is 0 Å². The lowest BCUT2D eigenvalue weighted by Crippen LogP contribution is -2.43. The fraction of sp³-hybridized carbons (Fsp3) is 0.692. The Morgan fingerprint density at radius 3 is 2.47 bits per heavy atom. The van der Waals surface area contributed by atoms with Crippen LogP contribution in [0.1, 0.15) is 50.7 Å². The van der Waals surface area contributed by atoms with E-state index < -0.39 is 5.41 Å². The van der Waals surface area contributed by atoms with E-state index in [4.69, 9.17) is 4.74 Å². The molecule has 0 spiro atoms. The molecule has 0 amide bonds. The smallest absolute Gasteiger partial charge is 0.318 e. The van der Waals surface area contributed by atoms with Gasteiger partial charge in [0.15, 0.2) is 0 Å². The van der Waals surface area contributed by atoms with Gasteiger partial charge in [-0.3, -0.25) is 4.79 Å². The molecule has 1 saturated carbocycles. The first-order valence-electron chi connectivity index (χ1n) is 5.95. The van der Waals surface area contributed by atoms with Gasteiger partial charge in [-0.25, -0.2) is 4.98 Å². The van der Waals surface area contributed by atoms with Crippen LogP contribution in [0, 0.1) is 0 Å². The minimum atomic E-state index is -0.442. The van der Waals surface area contributed by atoms with Gasteiger partial charge in [-0.05, 0) is 12.8 Å². The number of ether oxygens (including phenoxy) is 1. The number of hydrogen-bond acceptors (Lipinski definition) is 4. The second-order valence-electron chi connectivity index (χ2n) is 5.72. The third-order valence-electron chi connectivity index (χ3n) is 3.47. The molecule has 0 radical (unpaired) electrons. The summed E-state index contributed by atoms with van der Waals surface area (Å²) in [5.41, 5.74) is 0.659. The van der Waals surface area contributed by atoms with Crippen LogP contribution in [-0.4, -0.2) is 18.1 Å². The van der Waals surface area contributed by atoms with Crippen LogP contribution >= 0.6 is 11.3 Å². The summed E-state index contributed by atoms with van der Waals surface area (Å²) in [4.78, 5) is 16.6. The summed E-state index contributed by atoms with van der Waals surface area (Å²) >= 11 is 1.59. The van der Waals surface area contributed by atoms with Crippen molar-refractivity contribution in [3.63, 3.8) is 0 Å². The molecule has 1 aliphatic rings. The first-order chi connectivity index (χ1) is 7.90. The molecule has 0 aromatic carbocycles. The number of thiazole rings is 1. The zero-order chi connectivity index (χ0) is 12.7. The van der Waals surface area contributed by atoms with Crippen molar-refractivity contribution >= 4 is 17.3 Å². The predicted molar refractivity (Wildman–Crippen MR) is 68.4 cm³/mol. The van der Waals surface area contributed by atoms with Crippen LogP contribution in [0.2, 0.25) is 0 Å². The molecule has 17 heavy (non-hydrogen) atoms. The van der Waals surface area contributed by atoms with E-state index in [1.807, 2.05) is 0 Å². The Hall–Kier alpha value is -0.900. The van der Waals surface area contributed by atoms with Crippen molar-refractivity contribution in [1.29, 1.82) is 0 Å². The SMILES string of the molecule is COC(=O)C1(c2nc(C(C)(C)C)cs2)CCC1. The van der Waals surface area contributed by atoms with Gasteiger partial charge in [0, 0.05) is 10.8 Å². The zero-order valence-corrected chi connectivity index (χ0v) is 11.7. The maximum absolute atomic E-state index is 11.9. The van der Waals surface area contributed by atoms with E-state index in [2.05, 4.69) is 31.1 Å². The number of carbonyl (C=O) groups is 1.